The first-order chi connectivity index (χ1) is 16.8. The molecule has 0 saturated carbocycles. The first-order valence-electron chi connectivity index (χ1n) is 10.7. The molecule has 1 amide bonds. The normalized spacial score (nSPS) is 10.5. The maximum absolute atomic E-state index is 14.3. The molecule has 0 aromatic heterocycles. The van der Waals surface area contributed by atoms with Gasteiger partial charge in [0, 0.05) is 18.7 Å². The summed E-state index contributed by atoms with van der Waals surface area (Å²) >= 11 is 0. The second kappa shape index (κ2) is 11.8. The molecule has 9 heteroatoms. The fraction of sp³-hybridized carbons (Fsp3) is 0.231. The third-order valence-corrected chi connectivity index (χ3v) is 5.33. The van der Waals surface area contributed by atoms with Gasteiger partial charge in [0.25, 0.3) is 5.91 Å². The highest BCUT2D eigenvalue weighted by Gasteiger charge is 2.21. The van der Waals surface area contributed by atoms with Crippen LogP contribution in [0.3, 0.4) is 0 Å². The number of rotatable bonds is 11. The minimum atomic E-state index is -1.39. The molecular weight excluding hydrogens is 460 g/mol. The summed E-state index contributed by atoms with van der Waals surface area (Å²) < 4.78 is 44.3. The van der Waals surface area contributed by atoms with E-state index in [1.54, 1.807) is 30.3 Å². The monoisotopic (exact) mass is 485 g/mol. The van der Waals surface area contributed by atoms with Crippen molar-refractivity contribution in [1.82, 2.24) is 4.90 Å². The third kappa shape index (κ3) is 6.47. The summed E-state index contributed by atoms with van der Waals surface area (Å²) in [6.45, 7) is -0.484. The summed E-state index contributed by atoms with van der Waals surface area (Å²) in [5, 5.41) is 9.28. The molecule has 0 radical (unpaired) electrons. The Morgan fingerprint density at radius 3 is 2.31 bits per heavy atom. The first kappa shape index (κ1) is 25.5. The van der Waals surface area contributed by atoms with Gasteiger partial charge < -0.3 is 24.2 Å². The largest absolute Gasteiger partial charge is 0.493 e. The van der Waals surface area contributed by atoms with Crippen LogP contribution < -0.4 is 14.2 Å². The van der Waals surface area contributed by atoms with Crippen LogP contribution >= 0.6 is 0 Å². The highest BCUT2D eigenvalue weighted by Crippen LogP contribution is 2.28. The van der Waals surface area contributed by atoms with Gasteiger partial charge in [-0.1, -0.05) is 30.3 Å². The van der Waals surface area contributed by atoms with Crippen molar-refractivity contribution in [2.45, 2.75) is 13.0 Å². The molecule has 7 nitrogen and oxygen atoms in total. The van der Waals surface area contributed by atoms with Crippen molar-refractivity contribution in [3.05, 3.63) is 89.0 Å². The molecule has 35 heavy (non-hydrogen) atoms. The van der Waals surface area contributed by atoms with E-state index in [0.29, 0.717) is 23.5 Å². The number of carboxylic acids is 1. The van der Waals surface area contributed by atoms with E-state index in [2.05, 4.69) is 0 Å². The van der Waals surface area contributed by atoms with Gasteiger partial charge in [-0.15, -0.1) is 0 Å². The smallest absolute Gasteiger partial charge is 0.339 e. The molecular formula is C26H25F2NO6. The topological polar surface area (TPSA) is 85.3 Å². The van der Waals surface area contributed by atoms with Crippen molar-refractivity contribution in [3.8, 4) is 17.2 Å². The molecule has 0 atom stereocenters. The summed E-state index contributed by atoms with van der Waals surface area (Å²) in [6.07, 6.45) is 0.403. The average Bonchev–Trinajstić information content (AvgIpc) is 2.86. The van der Waals surface area contributed by atoms with E-state index in [9.17, 15) is 23.5 Å². The van der Waals surface area contributed by atoms with E-state index in [4.69, 9.17) is 14.2 Å². The fourth-order valence-corrected chi connectivity index (χ4v) is 3.47. The Bertz CT molecular complexity index is 1200. The predicted octanol–water partition coefficient (Wildman–Crippen LogP) is 4.33. The highest BCUT2D eigenvalue weighted by molar-refractivity contribution is 5.91. The molecule has 0 aliphatic heterocycles. The van der Waals surface area contributed by atoms with Crippen molar-refractivity contribution in [3.63, 3.8) is 0 Å². The van der Waals surface area contributed by atoms with Crippen molar-refractivity contribution < 1.29 is 37.7 Å². The zero-order chi connectivity index (χ0) is 25.4. The van der Waals surface area contributed by atoms with Gasteiger partial charge in [-0.3, -0.25) is 4.79 Å². The number of aromatic carboxylic acids is 1. The number of carbonyl (C=O) groups is 2. The van der Waals surface area contributed by atoms with Crippen molar-refractivity contribution >= 4 is 11.9 Å². The lowest BCUT2D eigenvalue weighted by atomic mass is 10.1. The van der Waals surface area contributed by atoms with Crippen LogP contribution in [0.25, 0.3) is 0 Å². The zero-order valence-corrected chi connectivity index (χ0v) is 19.3. The van der Waals surface area contributed by atoms with Gasteiger partial charge in [0.05, 0.1) is 14.2 Å². The number of para-hydroxylation sites is 1. The van der Waals surface area contributed by atoms with E-state index in [1.165, 1.54) is 37.3 Å². The number of ether oxygens (including phenoxy) is 3. The van der Waals surface area contributed by atoms with E-state index in [-0.39, 0.29) is 13.1 Å². The molecule has 0 unspecified atom stereocenters. The van der Waals surface area contributed by atoms with Crippen LogP contribution in [0.1, 0.15) is 21.5 Å². The highest BCUT2D eigenvalue weighted by atomic mass is 19.1. The summed E-state index contributed by atoms with van der Waals surface area (Å²) in [6, 6.07) is 14.9. The molecule has 0 fully saturated rings. The molecule has 0 aliphatic rings. The Morgan fingerprint density at radius 2 is 1.63 bits per heavy atom. The van der Waals surface area contributed by atoms with Crippen LogP contribution in [0.5, 0.6) is 17.2 Å². The Kier molecular flexibility index (Phi) is 8.61. The molecule has 0 aliphatic carbocycles. The number of hydrogen-bond acceptors (Lipinski definition) is 5. The van der Waals surface area contributed by atoms with Crippen LogP contribution in [0.15, 0.2) is 60.7 Å². The summed E-state index contributed by atoms with van der Waals surface area (Å²) in [5.74, 6) is -2.76. The van der Waals surface area contributed by atoms with Crippen molar-refractivity contribution in [2.75, 3.05) is 27.4 Å². The van der Waals surface area contributed by atoms with Crippen LogP contribution in [0.4, 0.5) is 8.78 Å². The lowest BCUT2D eigenvalue weighted by molar-refractivity contribution is -0.134. The third-order valence-electron chi connectivity index (χ3n) is 5.33. The Morgan fingerprint density at radius 1 is 0.914 bits per heavy atom. The molecule has 184 valence electrons. The molecule has 0 heterocycles. The number of nitrogens with zero attached hydrogens (tertiary/aromatic N) is 1. The zero-order valence-electron chi connectivity index (χ0n) is 19.3. The minimum absolute atomic E-state index is 0.0504. The van der Waals surface area contributed by atoms with E-state index < -0.39 is 41.4 Å². The second-order valence-electron chi connectivity index (χ2n) is 7.56. The van der Waals surface area contributed by atoms with Crippen LogP contribution in [0, 0.1) is 11.6 Å². The Balaban J connectivity index is 1.79. The first-order valence-corrected chi connectivity index (χ1v) is 10.7. The number of carbonyl (C=O) groups excluding carboxylic acids is 1. The predicted molar refractivity (Wildman–Crippen MR) is 124 cm³/mol. The van der Waals surface area contributed by atoms with Gasteiger partial charge in [-0.2, -0.15) is 0 Å². The summed E-state index contributed by atoms with van der Waals surface area (Å²) in [7, 11) is 3.04. The SMILES string of the molecule is COc1ccc(CCN(Cc2ccccc2F)C(=O)COc2c(F)cccc2C(=O)O)cc1OC. The van der Waals surface area contributed by atoms with Gasteiger partial charge in [0.15, 0.2) is 29.7 Å². The van der Waals surface area contributed by atoms with Crippen LogP contribution in [-0.4, -0.2) is 49.3 Å². The van der Waals surface area contributed by atoms with Gasteiger partial charge in [0.2, 0.25) is 0 Å². The second-order valence-corrected chi connectivity index (χ2v) is 7.56. The van der Waals surface area contributed by atoms with Gasteiger partial charge in [-0.25, -0.2) is 13.6 Å². The molecule has 3 aromatic rings. The van der Waals surface area contributed by atoms with E-state index >= 15 is 0 Å². The molecule has 0 saturated heterocycles. The number of halogens is 2. The van der Waals surface area contributed by atoms with E-state index in [1.807, 2.05) is 6.07 Å². The van der Waals surface area contributed by atoms with Gasteiger partial charge >= 0.3 is 5.97 Å². The summed E-state index contributed by atoms with van der Waals surface area (Å²) in [5.41, 5.74) is 0.742. The quantitative estimate of drug-likeness (QED) is 0.435. The van der Waals surface area contributed by atoms with Gasteiger partial charge in [-0.05, 0) is 42.3 Å². The standard InChI is InChI=1S/C26H25F2NO6/c1-33-22-11-10-17(14-23(22)34-2)12-13-29(15-18-6-3-4-8-20(18)27)24(30)16-35-25-19(26(31)32)7-5-9-21(25)28/h3-11,14H,12-13,15-16H2,1-2H3,(H,31,32). The maximum atomic E-state index is 14.3. The van der Waals surface area contributed by atoms with Crippen molar-refractivity contribution in [2.24, 2.45) is 0 Å². The molecule has 3 aromatic carbocycles. The van der Waals surface area contributed by atoms with E-state index in [0.717, 1.165) is 11.6 Å². The number of benzene rings is 3. The molecule has 0 spiro atoms. The molecule has 0 bridgehead atoms. The maximum Gasteiger partial charge on any atom is 0.339 e. The number of hydrogen-bond donors (Lipinski definition) is 1. The average molecular weight is 485 g/mol. The molecule has 3 rings (SSSR count). The van der Waals surface area contributed by atoms with Crippen LogP contribution in [-0.2, 0) is 17.8 Å². The lowest BCUT2D eigenvalue weighted by Gasteiger charge is -2.24. The Hall–Kier alpha value is -4.14. The van der Waals surface area contributed by atoms with Crippen molar-refractivity contribution in [1.29, 1.82) is 0 Å². The summed E-state index contributed by atoms with van der Waals surface area (Å²) in [4.78, 5) is 25.8. The lowest BCUT2D eigenvalue weighted by Crippen LogP contribution is -2.36. The number of carboxylic acid groups (broad SMARTS) is 1. The number of amides is 1. The van der Waals surface area contributed by atoms with Crippen LogP contribution in [0.2, 0.25) is 0 Å². The van der Waals surface area contributed by atoms with Gasteiger partial charge in [0.1, 0.15) is 11.4 Å². The number of methoxy groups -OCH3 is 2. The Labute approximate surface area is 201 Å². The fourth-order valence-electron chi connectivity index (χ4n) is 3.47. The molecule has 1 N–H and O–H groups in total. The minimum Gasteiger partial charge on any atom is -0.493 e.